The van der Waals surface area contributed by atoms with E-state index in [1.165, 1.54) is 40.1 Å². The predicted molar refractivity (Wildman–Crippen MR) is 312 cm³/mol. The van der Waals surface area contributed by atoms with Gasteiger partial charge in [0.1, 0.15) is 94.1 Å². The Balaban J connectivity index is 1.02. The normalized spacial score (nSPS) is 34.0. The summed E-state index contributed by atoms with van der Waals surface area (Å²) in [5.74, 6) is -8.24. The summed E-state index contributed by atoms with van der Waals surface area (Å²) in [4.78, 5) is 97.8. The maximum absolute atomic E-state index is 14.4. The number of carbonyl (C=O) groups excluding carboxylic acids is 6. The van der Waals surface area contributed by atoms with E-state index in [0.29, 0.717) is 17.9 Å². The van der Waals surface area contributed by atoms with Crippen molar-refractivity contribution in [2.75, 3.05) is 71.0 Å². The van der Waals surface area contributed by atoms with E-state index in [1.807, 2.05) is 13.0 Å². The minimum atomic E-state index is -2.83. The summed E-state index contributed by atoms with van der Waals surface area (Å²) in [5, 5.41) is 97.5. The van der Waals surface area contributed by atoms with Crippen LogP contribution in [0.3, 0.4) is 0 Å². The molecule has 4 saturated heterocycles. The lowest BCUT2D eigenvalue weighted by atomic mass is 9.83. The number of esters is 1. The number of benzene rings is 1. The van der Waals surface area contributed by atoms with Crippen molar-refractivity contribution in [3.8, 4) is 5.75 Å². The molecule has 34 heteroatoms. The van der Waals surface area contributed by atoms with Crippen LogP contribution < -0.4 is 30.5 Å². The summed E-state index contributed by atoms with van der Waals surface area (Å²) >= 11 is 7.89. The topological polar surface area (TPSA) is 461 Å². The zero-order valence-corrected chi connectivity index (χ0v) is 52.7. The fraction of sp³-hybridized carbons (Fsp3) is 0.696. The van der Waals surface area contributed by atoms with Crippen molar-refractivity contribution in [2.45, 2.75) is 175 Å². The fourth-order valence-electron chi connectivity index (χ4n) is 10.9. The molecular weight excluding hydrogens is 1240 g/mol. The van der Waals surface area contributed by atoms with Crippen molar-refractivity contribution >= 4 is 70.7 Å². The molecule has 5 aliphatic heterocycles. The average molecular weight is 1320 g/mol. The number of carbonyl (C=O) groups is 7. The number of halogens is 1. The number of carboxylic acid groups (broad SMARTS) is 1. The lowest BCUT2D eigenvalue weighted by Crippen LogP contribution is -2.68. The van der Waals surface area contributed by atoms with Gasteiger partial charge in [-0.15, -0.1) is 0 Å². The van der Waals surface area contributed by atoms with Gasteiger partial charge in [0.2, 0.25) is 28.5 Å². The van der Waals surface area contributed by atoms with Gasteiger partial charge in [-0.25, -0.2) is 14.4 Å². The number of nitrogens with zero attached hydrogens (tertiary/aromatic N) is 4. The van der Waals surface area contributed by atoms with Gasteiger partial charge >= 0.3 is 18.0 Å². The molecule has 0 aromatic heterocycles. The Morgan fingerprint density at radius 2 is 1.79 bits per heavy atom. The van der Waals surface area contributed by atoms with Crippen LogP contribution >= 0.6 is 23.4 Å². The third-order valence-electron chi connectivity index (χ3n) is 16.4. The van der Waals surface area contributed by atoms with Gasteiger partial charge in [-0.2, -0.15) is 11.8 Å². The highest BCUT2D eigenvalue weighted by molar-refractivity contribution is 7.99. The molecular formula is C56H82ClN8O24S+. The van der Waals surface area contributed by atoms with Crippen LogP contribution in [0.5, 0.6) is 5.75 Å². The first kappa shape index (κ1) is 73.1. The van der Waals surface area contributed by atoms with Gasteiger partial charge in [0, 0.05) is 65.6 Å². The molecule has 5 heterocycles. The SMILES string of the molecule is COc1cc2cc(c1Cl)N(C)C(=O)CC(OC(=O)C(C)N(C)C(=O)CCSCC(=O)NCCOC1OC(COC3(C(=O)O)CC(O)C(NC(C)=O)C(C(O)C(O)CN=[N+]=N)O3)C(O)C(O)C1O)C1(C)OC1C(C)C1CC(O)(NC(=O)O1)C(OC)/C=C/C=C(\C)C2. The molecule has 5 aliphatic rings. The monoisotopic (exact) mass is 1320 g/mol. The smallest absolute Gasteiger partial charge is 0.409 e. The fourth-order valence-corrected chi connectivity index (χ4v) is 12.0. The van der Waals surface area contributed by atoms with Crippen molar-refractivity contribution < 1.29 is 117 Å². The minimum absolute atomic E-state index is 0.115. The van der Waals surface area contributed by atoms with Crippen LogP contribution in [-0.4, -0.2) is 262 Å². The number of aliphatic hydroxyl groups excluding tert-OH is 6. The number of hydrogen-bond donors (Lipinski definition) is 12. The molecule has 0 saturated carbocycles. The molecule has 5 amide bonds. The Morgan fingerprint density at radius 1 is 1.08 bits per heavy atom. The van der Waals surface area contributed by atoms with E-state index in [-0.39, 0.29) is 42.5 Å². The molecule has 12 N–H and O–H groups in total. The number of aliphatic carboxylic acids is 1. The first-order chi connectivity index (χ1) is 42.3. The second kappa shape index (κ2) is 31.6. The van der Waals surface area contributed by atoms with E-state index < -0.39 is 182 Å². The molecule has 0 spiro atoms. The maximum Gasteiger partial charge on any atom is 0.409 e. The van der Waals surface area contributed by atoms with Crippen molar-refractivity contribution in [3.63, 3.8) is 0 Å². The van der Waals surface area contributed by atoms with Gasteiger partial charge in [-0.1, -0.05) is 42.3 Å². The molecule has 4 fully saturated rings. The van der Waals surface area contributed by atoms with Crippen LogP contribution in [-0.2, 0) is 73.1 Å². The Morgan fingerprint density at radius 3 is 2.44 bits per heavy atom. The van der Waals surface area contributed by atoms with Crippen LogP contribution in [0, 0.1) is 11.4 Å². The number of ether oxygens (including phenoxy) is 9. The van der Waals surface area contributed by atoms with E-state index in [1.54, 1.807) is 38.1 Å². The molecule has 19 atom stereocenters. The van der Waals surface area contributed by atoms with Crippen LogP contribution in [0.4, 0.5) is 10.5 Å². The Hall–Kier alpha value is -5.98. The molecule has 4 bridgehead atoms. The summed E-state index contributed by atoms with van der Waals surface area (Å²) in [6.07, 6.45) is -17.7. The summed E-state index contributed by atoms with van der Waals surface area (Å²) < 4.78 is 51.7. The van der Waals surface area contributed by atoms with Crippen LogP contribution in [0.2, 0.25) is 5.02 Å². The number of carboxylic acids is 1. The third-order valence-corrected chi connectivity index (χ3v) is 17.8. The number of nitrogens with one attached hydrogen (secondary N) is 4. The third kappa shape index (κ3) is 17.6. The lowest BCUT2D eigenvalue weighted by molar-refractivity contribution is -0.338. The van der Waals surface area contributed by atoms with E-state index >= 15 is 0 Å². The second-order valence-electron chi connectivity index (χ2n) is 22.9. The quantitative estimate of drug-likeness (QED) is 0.0191. The molecule has 1 aromatic carbocycles. The van der Waals surface area contributed by atoms with Gasteiger partial charge in [0.25, 0.3) is 5.79 Å². The average Bonchev–Trinajstić information content (AvgIpc) is 1.55. The molecule has 0 radical (unpaired) electrons. The molecule has 32 nitrogen and oxygen atoms in total. The Bertz CT molecular complexity index is 2880. The van der Waals surface area contributed by atoms with E-state index in [9.17, 15) is 74.4 Å². The number of hydrogen-bond acceptors (Lipinski definition) is 26. The van der Waals surface area contributed by atoms with Crippen molar-refractivity contribution in [1.82, 2.24) is 25.8 Å². The van der Waals surface area contributed by atoms with Gasteiger partial charge in [0.15, 0.2) is 18.6 Å². The predicted octanol–water partition coefficient (Wildman–Crippen LogP) is -1.70. The number of fused-ring (bicyclic) bond motifs is 5. The zero-order valence-electron chi connectivity index (χ0n) is 51.1. The molecule has 90 heavy (non-hydrogen) atoms. The zero-order chi connectivity index (χ0) is 66.7. The summed E-state index contributed by atoms with van der Waals surface area (Å²) in [7, 11) is 5.72. The van der Waals surface area contributed by atoms with Crippen LogP contribution in [0.15, 0.2) is 41.0 Å². The highest BCUT2D eigenvalue weighted by Gasteiger charge is 2.65. The standard InChI is InChI=1S/C56H81ClN8O24S/c1-26-11-10-12-37(82-9)55(80)22-35(86-53(79)62-55)27(2)49-54(5,89-49)38(20-41(71)65(7)31-18-30(17-26)19-34(81-8)42(31)57)87-50(76)28(3)64(6)40(70)13-16-90-25-39(69)59-14-15-83-51-47(75)46(74)45(73)36(85-51)24-84-56(52(77)78)21-32(67)43(61-29(4)66)48(88-56)44(72)33(68)23-60-63-58/h10-12,18-19,27-28,32-33,35-38,43-49,51,58,67-68,72-75,80H,13-17,20-25H2,1-9H3,(H3-,59,61,62,66,69,77,78,79)/p+1/b12-10+,26-11+. The van der Waals surface area contributed by atoms with Crippen LogP contribution in [0.25, 0.3) is 0 Å². The molecule has 502 valence electrons. The number of allylic oxidation sites excluding steroid dienone is 3. The van der Waals surface area contributed by atoms with E-state index in [0.717, 1.165) is 34.7 Å². The molecule has 0 aliphatic carbocycles. The largest absolute Gasteiger partial charge is 0.495 e. The Labute approximate surface area is 527 Å². The number of rotatable bonds is 23. The summed E-state index contributed by atoms with van der Waals surface area (Å²) in [5.41, 5.74) is 5.43. The number of likely N-dealkylation sites (N-methyl/N-ethyl adjacent to an activating group) is 1. The molecule has 1 aromatic rings. The number of alkyl carbamates (subject to hydrolysis) is 1. The van der Waals surface area contributed by atoms with Crippen molar-refractivity contribution in [2.24, 2.45) is 11.0 Å². The number of anilines is 1. The first-order valence-corrected chi connectivity index (χ1v) is 30.3. The second-order valence-corrected chi connectivity index (χ2v) is 24.4. The van der Waals surface area contributed by atoms with Gasteiger partial charge in [-0.05, 0) is 44.9 Å². The number of thioether (sulfide) groups is 1. The van der Waals surface area contributed by atoms with Gasteiger partial charge in [-0.3, -0.25) is 24.5 Å². The summed E-state index contributed by atoms with van der Waals surface area (Å²) in [6.45, 7) is 5.65. The number of aliphatic hydroxyl groups is 7. The Kier molecular flexibility index (Phi) is 25.6. The van der Waals surface area contributed by atoms with E-state index in [4.69, 9.17) is 59.8 Å². The van der Waals surface area contributed by atoms with Crippen LogP contribution in [0.1, 0.15) is 65.9 Å². The van der Waals surface area contributed by atoms with E-state index in [2.05, 4.69) is 26.0 Å². The molecule has 19 unspecified atom stereocenters. The highest BCUT2D eigenvalue weighted by Crippen LogP contribution is 2.49. The maximum atomic E-state index is 14.4. The van der Waals surface area contributed by atoms with Crippen molar-refractivity contribution in [3.05, 3.63) is 46.5 Å². The lowest BCUT2D eigenvalue weighted by Gasteiger charge is -2.47. The van der Waals surface area contributed by atoms with Gasteiger partial charge in [0.05, 0.1) is 56.4 Å². The minimum Gasteiger partial charge on any atom is -0.495 e. The number of methoxy groups -OCH3 is 2. The highest BCUT2D eigenvalue weighted by atomic mass is 35.5. The number of amides is 5. The summed E-state index contributed by atoms with van der Waals surface area (Å²) in [6, 6.07) is 0.764. The van der Waals surface area contributed by atoms with Crippen molar-refractivity contribution in [1.29, 1.82) is 5.53 Å². The number of epoxide rings is 1. The molecule has 6 rings (SSSR count). The van der Waals surface area contributed by atoms with Gasteiger partial charge < -0.3 is 104 Å². The first-order valence-electron chi connectivity index (χ1n) is 28.8.